The maximum Gasteiger partial charge on any atom is 0.260 e. The number of carbonyl (C=O) groups is 1. The number of amides is 1. The summed E-state index contributed by atoms with van der Waals surface area (Å²) >= 11 is 0. The van der Waals surface area contributed by atoms with Crippen LogP contribution in [0.25, 0.3) is 0 Å². The summed E-state index contributed by atoms with van der Waals surface area (Å²) in [6.07, 6.45) is 9.48. The van der Waals surface area contributed by atoms with Gasteiger partial charge in [-0.15, -0.1) is 0 Å². The number of hydrogen-bond acceptors (Lipinski definition) is 3. The average molecular weight is 364 g/mol. The van der Waals surface area contributed by atoms with Gasteiger partial charge in [-0.25, -0.2) is 0 Å². The standard InChI is InChI=1S/C23H28N2O2/c26-23(17-27-22-10-13-24-21-9-5-4-8-20(21)22)25-14-11-19(12-15-25)16-18-6-2-1-3-7-18/h1-3,6-7,10,13,19H,4-5,8-9,11-12,14-17H2. The van der Waals surface area contributed by atoms with Gasteiger partial charge in [-0.3, -0.25) is 9.78 Å². The SMILES string of the molecule is O=C(COc1ccnc2c1CCCC2)N1CCC(Cc2ccccc2)CC1. The molecule has 0 radical (unpaired) electrons. The van der Waals surface area contributed by atoms with Crippen LogP contribution in [0.15, 0.2) is 42.6 Å². The number of ether oxygens (including phenoxy) is 1. The third-order valence-corrected chi connectivity index (χ3v) is 5.88. The zero-order valence-electron chi connectivity index (χ0n) is 15.9. The lowest BCUT2D eigenvalue weighted by Crippen LogP contribution is -2.41. The number of rotatable bonds is 5. The van der Waals surface area contributed by atoms with E-state index in [-0.39, 0.29) is 12.5 Å². The van der Waals surface area contributed by atoms with Gasteiger partial charge in [0, 0.05) is 30.5 Å². The van der Waals surface area contributed by atoms with Crippen molar-refractivity contribution in [1.29, 1.82) is 0 Å². The fraction of sp³-hybridized carbons (Fsp3) is 0.478. The molecule has 1 amide bonds. The van der Waals surface area contributed by atoms with Crippen LogP contribution >= 0.6 is 0 Å². The highest BCUT2D eigenvalue weighted by Crippen LogP contribution is 2.28. The molecule has 4 nitrogen and oxygen atoms in total. The molecule has 4 heteroatoms. The summed E-state index contributed by atoms with van der Waals surface area (Å²) < 4.78 is 5.91. The Morgan fingerprint density at radius 2 is 1.85 bits per heavy atom. The first-order chi connectivity index (χ1) is 13.3. The minimum Gasteiger partial charge on any atom is -0.483 e. The van der Waals surface area contributed by atoms with Crippen molar-refractivity contribution in [3.8, 4) is 5.75 Å². The molecule has 0 unspecified atom stereocenters. The van der Waals surface area contributed by atoms with Gasteiger partial charge in [0.2, 0.25) is 0 Å². The maximum atomic E-state index is 12.6. The predicted octanol–water partition coefficient (Wildman–Crippen LogP) is 3.82. The van der Waals surface area contributed by atoms with E-state index < -0.39 is 0 Å². The van der Waals surface area contributed by atoms with Crippen molar-refractivity contribution in [1.82, 2.24) is 9.88 Å². The second-order valence-corrected chi connectivity index (χ2v) is 7.74. The number of fused-ring (bicyclic) bond motifs is 1. The number of benzene rings is 1. The van der Waals surface area contributed by atoms with E-state index in [0.717, 1.165) is 56.6 Å². The molecule has 0 saturated carbocycles. The Morgan fingerprint density at radius 1 is 1.07 bits per heavy atom. The highest BCUT2D eigenvalue weighted by Gasteiger charge is 2.24. The number of nitrogens with zero attached hydrogens (tertiary/aromatic N) is 2. The molecule has 2 aromatic rings. The Labute approximate surface area is 161 Å². The van der Waals surface area contributed by atoms with Crippen molar-refractivity contribution in [2.75, 3.05) is 19.7 Å². The number of carbonyl (C=O) groups excluding carboxylic acids is 1. The summed E-state index contributed by atoms with van der Waals surface area (Å²) in [5, 5.41) is 0. The van der Waals surface area contributed by atoms with E-state index in [1.807, 2.05) is 11.0 Å². The van der Waals surface area contributed by atoms with Gasteiger partial charge in [0.25, 0.3) is 5.91 Å². The van der Waals surface area contributed by atoms with Crippen LogP contribution in [0, 0.1) is 5.92 Å². The molecule has 1 aromatic heterocycles. The van der Waals surface area contributed by atoms with Crippen LogP contribution in [0.2, 0.25) is 0 Å². The first kappa shape index (κ1) is 18.0. The molecule has 2 aliphatic rings. The van der Waals surface area contributed by atoms with Crippen molar-refractivity contribution in [3.05, 3.63) is 59.4 Å². The van der Waals surface area contributed by atoms with E-state index in [2.05, 4.69) is 35.3 Å². The van der Waals surface area contributed by atoms with Gasteiger partial charge in [0.15, 0.2) is 6.61 Å². The molecule has 27 heavy (non-hydrogen) atoms. The monoisotopic (exact) mass is 364 g/mol. The number of hydrogen-bond donors (Lipinski definition) is 0. The second-order valence-electron chi connectivity index (χ2n) is 7.74. The number of likely N-dealkylation sites (tertiary alicyclic amines) is 1. The smallest absolute Gasteiger partial charge is 0.260 e. The minimum atomic E-state index is 0.106. The zero-order valence-corrected chi connectivity index (χ0v) is 15.9. The number of pyridine rings is 1. The van der Waals surface area contributed by atoms with Crippen LogP contribution in [0.4, 0.5) is 0 Å². The summed E-state index contributed by atoms with van der Waals surface area (Å²) in [6.45, 7) is 1.82. The van der Waals surface area contributed by atoms with Gasteiger partial charge in [-0.1, -0.05) is 30.3 Å². The molecule has 1 saturated heterocycles. The lowest BCUT2D eigenvalue weighted by atomic mass is 9.90. The quantitative estimate of drug-likeness (QED) is 0.810. The van der Waals surface area contributed by atoms with Crippen LogP contribution in [-0.2, 0) is 24.1 Å². The van der Waals surface area contributed by atoms with Crippen LogP contribution in [0.1, 0.15) is 42.5 Å². The van der Waals surface area contributed by atoms with Crippen molar-refractivity contribution in [2.45, 2.75) is 44.9 Å². The van der Waals surface area contributed by atoms with Gasteiger partial charge < -0.3 is 9.64 Å². The van der Waals surface area contributed by atoms with E-state index in [1.54, 1.807) is 6.20 Å². The van der Waals surface area contributed by atoms with E-state index in [0.29, 0.717) is 5.92 Å². The lowest BCUT2D eigenvalue weighted by Gasteiger charge is -2.32. The molecule has 1 fully saturated rings. The highest BCUT2D eigenvalue weighted by molar-refractivity contribution is 5.77. The molecule has 2 heterocycles. The topological polar surface area (TPSA) is 42.4 Å². The molecule has 0 spiro atoms. The van der Waals surface area contributed by atoms with Crippen molar-refractivity contribution in [3.63, 3.8) is 0 Å². The predicted molar refractivity (Wildman–Crippen MR) is 106 cm³/mol. The summed E-state index contributed by atoms with van der Waals surface area (Å²) in [5.41, 5.74) is 3.75. The van der Waals surface area contributed by atoms with Crippen LogP contribution in [-0.4, -0.2) is 35.5 Å². The van der Waals surface area contributed by atoms with Crippen molar-refractivity contribution >= 4 is 5.91 Å². The van der Waals surface area contributed by atoms with Crippen LogP contribution in [0.5, 0.6) is 5.75 Å². The third-order valence-electron chi connectivity index (χ3n) is 5.88. The van der Waals surface area contributed by atoms with Gasteiger partial charge in [-0.2, -0.15) is 0 Å². The Morgan fingerprint density at radius 3 is 2.67 bits per heavy atom. The summed E-state index contributed by atoms with van der Waals surface area (Å²) in [6, 6.07) is 12.6. The molecule has 1 aliphatic carbocycles. The van der Waals surface area contributed by atoms with E-state index in [4.69, 9.17) is 4.74 Å². The zero-order chi connectivity index (χ0) is 18.5. The Bertz CT molecular complexity index is 767. The molecule has 0 atom stereocenters. The molecule has 1 aromatic carbocycles. The Hall–Kier alpha value is -2.36. The molecule has 1 aliphatic heterocycles. The van der Waals surface area contributed by atoms with Gasteiger partial charge in [0.1, 0.15) is 5.75 Å². The van der Waals surface area contributed by atoms with Gasteiger partial charge >= 0.3 is 0 Å². The number of aryl methyl sites for hydroxylation is 1. The highest BCUT2D eigenvalue weighted by atomic mass is 16.5. The fourth-order valence-electron chi connectivity index (χ4n) is 4.29. The average Bonchev–Trinajstić information content (AvgIpc) is 2.73. The largest absolute Gasteiger partial charge is 0.483 e. The third kappa shape index (κ3) is 4.49. The van der Waals surface area contributed by atoms with E-state index >= 15 is 0 Å². The van der Waals surface area contributed by atoms with E-state index in [9.17, 15) is 4.79 Å². The van der Waals surface area contributed by atoms with Gasteiger partial charge in [-0.05, 0) is 62.5 Å². The molecule has 0 N–H and O–H groups in total. The summed E-state index contributed by atoms with van der Waals surface area (Å²) in [5.74, 6) is 1.63. The molecule has 142 valence electrons. The van der Waals surface area contributed by atoms with Crippen molar-refractivity contribution < 1.29 is 9.53 Å². The Balaban J connectivity index is 1.27. The summed E-state index contributed by atoms with van der Waals surface area (Å²) in [4.78, 5) is 19.0. The number of aromatic nitrogens is 1. The molecular formula is C23H28N2O2. The maximum absolute atomic E-state index is 12.6. The van der Waals surface area contributed by atoms with Crippen molar-refractivity contribution in [2.24, 2.45) is 5.92 Å². The normalized spacial score (nSPS) is 17.4. The van der Waals surface area contributed by atoms with E-state index in [1.165, 1.54) is 24.0 Å². The second kappa shape index (κ2) is 8.55. The van der Waals surface area contributed by atoms with Crippen LogP contribution in [0.3, 0.4) is 0 Å². The first-order valence-electron chi connectivity index (χ1n) is 10.2. The summed E-state index contributed by atoms with van der Waals surface area (Å²) in [7, 11) is 0. The van der Waals surface area contributed by atoms with Gasteiger partial charge in [0.05, 0.1) is 0 Å². The van der Waals surface area contributed by atoms with Crippen LogP contribution < -0.4 is 4.74 Å². The fourth-order valence-corrected chi connectivity index (χ4v) is 4.29. The minimum absolute atomic E-state index is 0.106. The molecule has 0 bridgehead atoms. The number of piperidine rings is 1. The molecular weight excluding hydrogens is 336 g/mol. The Kier molecular flexibility index (Phi) is 5.71. The molecule has 4 rings (SSSR count). The lowest BCUT2D eigenvalue weighted by molar-refractivity contribution is -0.134. The first-order valence-corrected chi connectivity index (χ1v) is 10.2.